The number of hydrogen-bond acceptors (Lipinski definition) is 5. The molecule has 3 aliphatic carbocycles. The van der Waals surface area contributed by atoms with Crippen LogP contribution in [0, 0.1) is 22.6 Å². The number of benzene rings is 2. The van der Waals surface area contributed by atoms with E-state index in [9.17, 15) is 0 Å². The minimum Gasteiger partial charge on any atom is -0.489 e. The van der Waals surface area contributed by atoms with Gasteiger partial charge in [-0.15, -0.1) is 0 Å². The van der Waals surface area contributed by atoms with Crippen LogP contribution in [0.1, 0.15) is 86.5 Å². The Morgan fingerprint density at radius 1 is 1.03 bits per heavy atom. The van der Waals surface area contributed by atoms with E-state index in [4.69, 9.17) is 19.6 Å². The first-order chi connectivity index (χ1) is 18.6. The maximum atomic E-state index is 8.64. The zero-order valence-electron chi connectivity index (χ0n) is 22.8. The van der Waals surface area contributed by atoms with Crippen molar-refractivity contribution in [2.75, 3.05) is 19.8 Å². The SMILES string of the molecule is CC12CCC3c4c(CCCCCN[N+]#N)cc(OCc5ccccc5)cc4CCC3C1CCC21OCCO1. The Balaban J connectivity index is 1.25. The maximum Gasteiger partial charge on any atom is 0.302 e. The van der Waals surface area contributed by atoms with Gasteiger partial charge >= 0.3 is 5.08 Å². The van der Waals surface area contributed by atoms with Crippen LogP contribution >= 0.6 is 0 Å². The third-order valence-corrected chi connectivity index (χ3v) is 10.2. The number of rotatable bonds is 9. The number of nitrogens with zero attached hydrogens (tertiary/aromatic N) is 2. The summed E-state index contributed by atoms with van der Waals surface area (Å²) in [6, 6.07) is 15.1. The molecular weight excluding hydrogens is 474 g/mol. The molecule has 1 N–H and O–H groups in total. The van der Waals surface area contributed by atoms with Crippen molar-refractivity contribution in [3.8, 4) is 5.75 Å². The molecule has 202 valence electrons. The molecule has 1 saturated heterocycles. The average Bonchev–Trinajstić information content (AvgIpc) is 3.55. The van der Waals surface area contributed by atoms with Gasteiger partial charge in [0.15, 0.2) is 5.79 Å². The first-order valence-electron chi connectivity index (χ1n) is 14.8. The third kappa shape index (κ3) is 4.58. The zero-order valence-corrected chi connectivity index (χ0v) is 22.8. The van der Waals surface area contributed by atoms with E-state index in [1.54, 1.807) is 5.56 Å². The molecule has 4 aliphatic rings. The van der Waals surface area contributed by atoms with Crippen LogP contribution in [0.3, 0.4) is 0 Å². The smallest absolute Gasteiger partial charge is 0.302 e. The Morgan fingerprint density at radius 2 is 1.87 bits per heavy atom. The fourth-order valence-electron chi connectivity index (χ4n) is 8.46. The highest BCUT2D eigenvalue weighted by atomic mass is 16.7. The predicted molar refractivity (Wildman–Crippen MR) is 147 cm³/mol. The van der Waals surface area contributed by atoms with Gasteiger partial charge in [-0.25, -0.2) is 0 Å². The van der Waals surface area contributed by atoms with Crippen LogP contribution < -0.4 is 10.2 Å². The lowest BCUT2D eigenvalue weighted by molar-refractivity contribution is -0.237. The highest BCUT2D eigenvalue weighted by Gasteiger charge is 2.65. The topological polar surface area (TPSA) is 67.9 Å². The lowest BCUT2D eigenvalue weighted by atomic mass is 9.54. The normalized spacial score (nSPS) is 28.8. The van der Waals surface area contributed by atoms with Crippen molar-refractivity contribution in [2.45, 2.75) is 89.4 Å². The summed E-state index contributed by atoms with van der Waals surface area (Å²) in [5.74, 6) is 2.67. The Kier molecular flexibility index (Phi) is 7.33. The number of aryl methyl sites for hydroxylation is 2. The lowest BCUT2D eigenvalue weighted by Gasteiger charge is -2.53. The van der Waals surface area contributed by atoms with Crippen molar-refractivity contribution in [1.82, 2.24) is 5.43 Å². The summed E-state index contributed by atoms with van der Waals surface area (Å²) in [6.07, 6.45) is 11.4. The fraction of sp³-hybridized carbons (Fsp3) is 0.625. The van der Waals surface area contributed by atoms with E-state index < -0.39 is 0 Å². The molecule has 3 fully saturated rings. The van der Waals surface area contributed by atoms with Gasteiger partial charge in [0.25, 0.3) is 5.39 Å². The molecular formula is C32H42N3O3+. The molecule has 2 aromatic rings. The Bertz CT molecular complexity index is 1160. The van der Waals surface area contributed by atoms with Crippen molar-refractivity contribution >= 4 is 0 Å². The van der Waals surface area contributed by atoms with Crippen LogP contribution in [0.15, 0.2) is 42.5 Å². The molecule has 0 amide bonds. The van der Waals surface area contributed by atoms with Gasteiger partial charge in [0.1, 0.15) is 12.4 Å². The molecule has 1 spiro atoms. The predicted octanol–water partition coefficient (Wildman–Crippen LogP) is 6.94. The second-order valence-electron chi connectivity index (χ2n) is 12.1. The number of ether oxygens (including phenoxy) is 3. The van der Waals surface area contributed by atoms with Crippen molar-refractivity contribution in [3.63, 3.8) is 0 Å². The first-order valence-corrected chi connectivity index (χ1v) is 14.8. The molecule has 4 unspecified atom stereocenters. The average molecular weight is 517 g/mol. The summed E-state index contributed by atoms with van der Waals surface area (Å²) in [6.45, 7) is 5.28. The van der Waals surface area contributed by atoms with Crippen LogP contribution in [-0.2, 0) is 28.9 Å². The highest BCUT2D eigenvalue weighted by Crippen LogP contribution is 2.66. The second-order valence-corrected chi connectivity index (χ2v) is 12.1. The minimum atomic E-state index is -0.338. The largest absolute Gasteiger partial charge is 0.489 e. The van der Waals surface area contributed by atoms with E-state index in [-0.39, 0.29) is 11.2 Å². The van der Waals surface area contributed by atoms with E-state index in [1.807, 2.05) is 6.07 Å². The van der Waals surface area contributed by atoms with E-state index in [1.165, 1.54) is 42.4 Å². The molecule has 2 aromatic carbocycles. The third-order valence-electron chi connectivity index (χ3n) is 10.2. The molecule has 2 saturated carbocycles. The summed E-state index contributed by atoms with van der Waals surface area (Å²) >= 11 is 0. The molecule has 6 rings (SSSR count). The van der Waals surface area contributed by atoms with E-state index in [0.717, 1.165) is 57.5 Å². The summed E-state index contributed by atoms with van der Waals surface area (Å²) < 4.78 is 19.1. The zero-order chi connectivity index (χ0) is 26.0. The first kappa shape index (κ1) is 25.6. The Hall–Kier alpha value is -2.62. The van der Waals surface area contributed by atoms with Gasteiger partial charge < -0.3 is 14.2 Å². The van der Waals surface area contributed by atoms with Gasteiger partial charge in [-0.2, -0.15) is 0 Å². The van der Waals surface area contributed by atoms with Crippen molar-refractivity contribution in [1.29, 1.82) is 5.39 Å². The van der Waals surface area contributed by atoms with Crippen LogP contribution in [0.4, 0.5) is 0 Å². The molecule has 1 heterocycles. The molecule has 4 atom stereocenters. The van der Waals surface area contributed by atoms with Crippen LogP contribution in [0.25, 0.3) is 5.08 Å². The van der Waals surface area contributed by atoms with Crippen molar-refractivity contribution < 1.29 is 14.2 Å². The monoisotopic (exact) mass is 516 g/mol. The minimum absolute atomic E-state index is 0.131. The second kappa shape index (κ2) is 10.9. The van der Waals surface area contributed by atoms with E-state index >= 15 is 0 Å². The summed E-state index contributed by atoms with van der Waals surface area (Å²) in [5.41, 5.74) is 8.63. The molecule has 6 nitrogen and oxygen atoms in total. The maximum absolute atomic E-state index is 8.64. The molecule has 1 aliphatic heterocycles. The van der Waals surface area contributed by atoms with Gasteiger partial charge in [0.2, 0.25) is 0 Å². The lowest BCUT2D eigenvalue weighted by Crippen LogP contribution is -2.51. The number of diazo groups is 1. The summed E-state index contributed by atoms with van der Waals surface area (Å²) in [4.78, 5) is 0. The molecule has 0 aromatic heterocycles. The molecule has 6 heteroatoms. The van der Waals surface area contributed by atoms with E-state index in [0.29, 0.717) is 30.9 Å². The molecule has 38 heavy (non-hydrogen) atoms. The van der Waals surface area contributed by atoms with Crippen LogP contribution in [0.2, 0.25) is 0 Å². The van der Waals surface area contributed by atoms with Crippen molar-refractivity contribution in [2.24, 2.45) is 17.3 Å². The number of nitrogens with one attached hydrogen (secondary N) is 1. The van der Waals surface area contributed by atoms with Crippen molar-refractivity contribution in [3.05, 3.63) is 69.8 Å². The Morgan fingerprint density at radius 3 is 2.68 bits per heavy atom. The number of fused-ring (bicyclic) bond motifs is 6. The Labute approximate surface area is 227 Å². The summed E-state index contributed by atoms with van der Waals surface area (Å²) in [5, 5.41) is 11.7. The van der Waals surface area contributed by atoms with Gasteiger partial charge in [0, 0.05) is 11.8 Å². The van der Waals surface area contributed by atoms with Gasteiger partial charge in [0.05, 0.1) is 19.8 Å². The quantitative estimate of drug-likeness (QED) is 0.222. The number of hydrogen-bond donors (Lipinski definition) is 1. The summed E-state index contributed by atoms with van der Waals surface area (Å²) in [7, 11) is 0. The van der Waals surface area contributed by atoms with Crippen LogP contribution in [-0.4, -0.2) is 25.5 Å². The van der Waals surface area contributed by atoms with E-state index in [2.05, 4.69) is 53.8 Å². The molecule has 0 radical (unpaired) electrons. The molecule has 0 bridgehead atoms. The highest BCUT2D eigenvalue weighted by molar-refractivity contribution is 5.47. The van der Waals surface area contributed by atoms with Crippen LogP contribution in [0.5, 0.6) is 5.75 Å². The fourth-order valence-corrected chi connectivity index (χ4v) is 8.46. The number of unbranched alkanes of at least 4 members (excludes halogenated alkanes) is 2. The standard InChI is InChI=1S/C32H42N3O3/c1-31-15-13-28-27(29(31)14-16-32(31)37-18-19-38-32)12-11-25-21-26(36-22-23-8-4-2-5-9-23)20-24(30(25)28)10-6-3-7-17-34-35-33/h2,4-5,8-9,20-21,27-29,34H,3,6-7,10-19,22H2,1H3/q+1. The van der Waals surface area contributed by atoms with Gasteiger partial charge in [-0.3, -0.25) is 0 Å². The van der Waals surface area contributed by atoms with Gasteiger partial charge in [-0.1, -0.05) is 43.7 Å². The van der Waals surface area contributed by atoms with Gasteiger partial charge in [-0.05, 0) is 109 Å².